The second-order valence-corrected chi connectivity index (χ2v) is 5.81. The zero-order valence-electron chi connectivity index (χ0n) is 12.9. The van der Waals surface area contributed by atoms with Gasteiger partial charge >= 0.3 is 0 Å². The number of carbonyl (C=O) groups excluding carboxylic acids is 1. The molecule has 0 saturated carbocycles. The molecule has 3 rings (SSSR count). The molecule has 0 fully saturated rings. The van der Waals surface area contributed by atoms with Gasteiger partial charge in [0.15, 0.2) is 0 Å². The number of benzene rings is 1. The third kappa shape index (κ3) is 2.63. The lowest BCUT2D eigenvalue weighted by Gasteiger charge is -2.24. The summed E-state index contributed by atoms with van der Waals surface area (Å²) in [6, 6.07) is 6.22. The molecule has 1 amide bonds. The third-order valence-electron chi connectivity index (χ3n) is 4.38. The minimum Gasteiger partial charge on any atom is -0.334 e. The van der Waals surface area contributed by atoms with Crippen molar-refractivity contribution in [1.29, 1.82) is 0 Å². The average molecular weight is 301 g/mol. The van der Waals surface area contributed by atoms with Crippen LogP contribution in [-0.2, 0) is 13.0 Å². The number of hydrogen-bond acceptors (Lipinski definition) is 2. The Morgan fingerprint density at radius 1 is 1.36 bits per heavy atom. The summed E-state index contributed by atoms with van der Waals surface area (Å²) in [5.74, 6) is 0.512. The van der Waals surface area contributed by atoms with Crippen LogP contribution in [0.5, 0.6) is 0 Å². The Hall–Kier alpha value is -2.17. The van der Waals surface area contributed by atoms with Crippen molar-refractivity contribution in [3.05, 3.63) is 53.4 Å². The molecule has 22 heavy (non-hydrogen) atoms. The largest absolute Gasteiger partial charge is 0.334 e. The lowest BCUT2D eigenvalue weighted by atomic mass is 10.1. The first-order valence-electron chi connectivity index (χ1n) is 7.65. The van der Waals surface area contributed by atoms with Crippen LogP contribution in [0.1, 0.15) is 47.7 Å². The molecule has 2 aromatic rings. The molecule has 1 aliphatic heterocycles. The molecule has 5 heteroatoms. The van der Waals surface area contributed by atoms with E-state index in [1.165, 1.54) is 6.07 Å². The van der Waals surface area contributed by atoms with E-state index >= 15 is 0 Å². The van der Waals surface area contributed by atoms with E-state index in [0.29, 0.717) is 11.3 Å². The van der Waals surface area contributed by atoms with Crippen molar-refractivity contribution >= 4 is 5.91 Å². The average Bonchev–Trinajstić information content (AvgIpc) is 2.97. The first-order valence-corrected chi connectivity index (χ1v) is 7.65. The summed E-state index contributed by atoms with van der Waals surface area (Å²) in [4.78, 5) is 18.6. The van der Waals surface area contributed by atoms with E-state index in [2.05, 4.69) is 9.55 Å². The molecule has 0 aliphatic carbocycles. The number of fused-ring (bicyclic) bond motifs is 1. The molecule has 0 radical (unpaired) electrons. The molecule has 4 nitrogen and oxygen atoms in total. The zero-order valence-corrected chi connectivity index (χ0v) is 12.9. The van der Waals surface area contributed by atoms with Gasteiger partial charge in [-0.2, -0.15) is 0 Å². The van der Waals surface area contributed by atoms with E-state index in [1.54, 1.807) is 30.1 Å². The number of rotatable bonds is 3. The van der Waals surface area contributed by atoms with Crippen molar-refractivity contribution in [3.8, 4) is 0 Å². The number of imidazole rings is 1. The number of nitrogens with zero attached hydrogens (tertiary/aromatic N) is 3. The van der Waals surface area contributed by atoms with E-state index in [9.17, 15) is 9.18 Å². The summed E-state index contributed by atoms with van der Waals surface area (Å²) in [7, 11) is 1.69. The molecule has 0 saturated heterocycles. The maximum Gasteiger partial charge on any atom is 0.274 e. The second-order valence-electron chi connectivity index (χ2n) is 5.81. The second kappa shape index (κ2) is 5.91. The van der Waals surface area contributed by atoms with Gasteiger partial charge in [-0.3, -0.25) is 4.79 Å². The van der Waals surface area contributed by atoms with Crippen molar-refractivity contribution in [3.63, 3.8) is 0 Å². The van der Waals surface area contributed by atoms with Gasteiger partial charge in [0.2, 0.25) is 0 Å². The van der Waals surface area contributed by atoms with Crippen LogP contribution in [-0.4, -0.2) is 27.4 Å². The smallest absolute Gasteiger partial charge is 0.274 e. The highest BCUT2D eigenvalue weighted by molar-refractivity contribution is 5.92. The standard InChI is InChI=1S/C17H20FN3O/c1-12(13-7-3-4-8-14(13)18)20(2)17(22)15-11-21-10-6-5-9-16(21)19-15/h3-4,7-8,11-12H,5-6,9-10H2,1-2H3/t12-/m0/s1. The van der Waals surface area contributed by atoms with Gasteiger partial charge in [0.1, 0.15) is 17.3 Å². The number of aryl methyl sites for hydroxylation is 2. The maximum atomic E-state index is 13.9. The Balaban J connectivity index is 1.82. The third-order valence-corrected chi connectivity index (χ3v) is 4.38. The van der Waals surface area contributed by atoms with Gasteiger partial charge in [0.05, 0.1) is 6.04 Å². The fourth-order valence-corrected chi connectivity index (χ4v) is 2.89. The summed E-state index contributed by atoms with van der Waals surface area (Å²) in [6.07, 6.45) is 4.98. The van der Waals surface area contributed by atoms with E-state index < -0.39 is 0 Å². The van der Waals surface area contributed by atoms with Crippen LogP contribution < -0.4 is 0 Å². The highest BCUT2D eigenvalue weighted by Crippen LogP contribution is 2.23. The van der Waals surface area contributed by atoms with Crippen molar-refractivity contribution in [1.82, 2.24) is 14.5 Å². The molecule has 0 bridgehead atoms. The molecule has 0 spiro atoms. The van der Waals surface area contributed by atoms with Crippen molar-refractivity contribution < 1.29 is 9.18 Å². The SMILES string of the molecule is C[C@@H](c1ccccc1F)N(C)C(=O)c1cn2c(n1)CCCC2. The molecular weight excluding hydrogens is 281 g/mol. The van der Waals surface area contributed by atoms with Crippen LogP contribution in [0.3, 0.4) is 0 Å². The lowest BCUT2D eigenvalue weighted by molar-refractivity contribution is 0.0735. The Morgan fingerprint density at radius 3 is 2.86 bits per heavy atom. The Bertz CT molecular complexity index is 671. The van der Waals surface area contributed by atoms with Crippen molar-refractivity contribution in [2.45, 2.75) is 38.8 Å². The zero-order chi connectivity index (χ0) is 15.7. The van der Waals surface area contributed by atoms with Gasteiger partial charge in [0, 0.05) is 31.8 Å². The number of hydrogen-bond donors (Lipinski definition) is 0. The quantitative estimate of drug-likeness (QED) is 0.873. The highest BCUT2D eigenvalue weighted by atomic mass is 19.1. The van der Waals surface area contributed by atoms with Crippen molar-refractivity contribution in [2.24, 2.45) is 0 Å². The number of aromatic nitrogens is 2. The van der Waals surface area contributed by atoms with Gasteiger partial charge in [-0.15, -0.1) is 0 Å². The summed E-state index contributed by atoms with van der Waals surface area (Å²) >= 11 is 0. The van der Waals surface area contributed by atoms with Gasteiger partial charge in [-0.1, -0.05) is 18.2 Å². The Morgan fingerprint density at radius 2 is 2.14 bits per heavy atom. The molecule has 2 heterocycles. The van der Waals surface area contributed by atoms with E-state index in [4.69, 9.17) is 0 Å². The highest BCUT2D eigenvalue weighted by Gasteiger charge is 2.24. The predicted octanol–water partition coefficient (Wildman–Crippen LogP) is 3.19. The lowest BCUT2D eigenvalue weighted by Crippen LogP contribution is -2.30. The van der Waals surface area contributed by atoms with E-state index in [0.717, 1.165) is 31.6 Å². The molecule has 1 aliphatic rings. The van der Waals surface area contributed by atoms with Crippen molar-refractivity contribution in [2.75, 3.05) is 7.05 Å². The Labute approximate surface area is 129 Å². The molecule has 1 atom stereocenters. The van der Waals surface area contributed by atoms with Gasteiger partial charge in [0.25, 0.3) is 5.91 Å². The van der Waals surface area contributed by atoms with Crippen LogP contribution in [0.4, 0.5) is 4.39 Å². The molecule has 116 valence electrons. The van der Waals surface area contributed by atoms with Crippen LogP contribution >= 0.6 is 0 Å². The normalized spacial score (nSPS) is 15.2. The molecule has 0 unspecified atom stereocenters. The molecule has 1 aromatic heterocycles. The van der Waals surface area contributed by atoms with Crippen LogP contribution in [0.15, 0.2) is 30.5 Å². The van der Waals surface area contributed by atoms with Gasteiger partial charge < -0.3 is 9.47 Å². The van der Waals surface area contributed by atoms with Crippen LogP contribution in [0.2, 0.25) is 0 Å². The topological polar surface area (TPSA) is 38.1 Å². The summed E-state index contributed by atoms with van der Waals surface area (Å²) in [6.45, 7) is 2.74. The first-order chi connectivity index (χ1) is 10.6. The number of halogens is 1. The summed E-state index contributed by atoms with van der Waals surface area (Å²) in [5.41, 5.74) is 0.963. The fraction of sp³-hybridized carbons (Fsp3) is 0.412. The summed E-state index contributed by atoms with van der Waals surface area (Å²) < 4.78 is 15.9. The van der Waals surface area contributed by atoms with E-state index in [1.807, 2.05) is 13.1 Å². The van der Waals surface area contributed by atoms with Gasteiger partial charge in [-0.05, 0) is 25.8 Å². The molecule has 0 N–H and O–H groups in total. The van der Waals surface area contributed by atoms with Gasteiger partial charge in [-0.25, -0.2) is 9.37 Å². The minimum absolute atomic E-state index is 0.169. The molecular formula is C17H20FN3O. The first kappa shape index (κ1) is 14.8. The monoisotopic (exact) mass is 301 g/mol. The number of carbonyl (C=O) groups is 1. The Kier molecular flexibility index (Phi) is 3.96. The minimum atomic E-state index is -0.340. The van der Waals surface area contributed by atoms with Crippen LogP contribution in [0.25, 0.3) is 0 Å². The summed E-state index contributed by atoms with van der Waals surface area (Å²) in [5, 5.41) is 0. The van der Waals surface area contributed by atoms with Crippen LogP contribution in [0, 0.1) is 5.82 Å². The predicted molar refractivity (Wildman–Crippen MR) is 82.1 cm³/mol. The fourth-order valence-electron chi connectivity index (χ4n) is 2.89. The maximum absolute atomic E-state index is 13.9. The number of amides is 1. The van der Waals surface area contributed by atoms with E-state index in [-0.39, 0.29) is 17.8 Å². The molecule has 1 aromatic carbocycles.